The molecule has 0 saturated carbocycles. The number of rotatable bonds is 1. The fourth-order valence-electron chi connectivity index (χ4n) is 0.550. The Balaban J connectivity index is 0. The van der Waals surface area contributed by atoms with Gasteiger partial charge in [-0.05, 0) is 0 Å². The molecule has 0 amide bonds. The minimum absolute atomic E-state index is 0.368. The molecule has 0 heterocycles. The molecule has 2 nitrogen and oxygen atoms in total. The van der Waals surface area contributed by atoms with Crippen LogP contribution in [0.4, 0.5) is 0 Å². The third kappa shape index (κ3) is 32.2. The van der Waals surface area contributed by atoms with Gasteiger partial charge in [-0.15, -0.1) is 0 Å². The lowest BCUT2D eigenvalue weighted by Crippen LogP contribution is -2.18. The summed E-state index contributed by atoms with van der Waals surface area (Å²) in [5, 5.41) is 0.368. The Kier molecular flexibility index (Phi) is 11.7. The minimum atomic E-state index is -2.40. The molecule has 19 heavy (non-hydrogen) atoms. The molecule has 0 atom stereocenters. The highest BCUT2D eigenvalue weighted by Gasteiger charge is 2.03. The summed E-state index contributed by atoms with van der Waals surface area (Å²) in [5.74, 6) is 0. The Labute approximate surface area is 122 Å². The van der Waals surface area contributed by atoms with Gasteiger partial charge in [0.25, 0.3) is 0 Å². The maximum atomic E-state index is 10.2. The minimum Gasteiger partial charge on any atom is -0.838 e. The van der Waals surface area contributed by atoms with Crippen molar-refractivity contribution in [1.29, 1.82) is 0 Å². The number of benzene rings is 1. The van der Waals surface area contributed by atoms with Gasteiger partial charge in [-0.2, -0.15) is 0 Å². The van der Waals surface area contributed by atoms with Crippen LogP contribution < -0.4 is 15.1 Å². The normalized spacial score (nSPS) is 11.1. The Morgan fingerprint density at radius 3 is 1.11 bits per heavy atom. The van der Waals surface area contributed by atoms with Gasteiger partial charge < -0.3 is 9.79 Å². The van der Waals surface area contributed by atoms with Crippen LogP contribution >= 0.6 is 22.9 Å². The number of hydrogen-bond acceptors (Lipinski definition) is 2. The summed E-state index contributed by atoms with van der Waals surface area (Å²) in [6, 6.07) is 8.29. The van der Waals surface area contributed by atoms with E-state index in [-0.39, 0.29) is 14.5 Å². The van der Waals surface area contributed by atoms with E-state index in [1.54, 1.807) is 30.3 Å². The van der Waals surface area contributed by atoms with Crippen molar-refractivity contribution < 1.29 is 9.79 Å². The van der Waals surface area contributed by atoms with Crippen LogP contribution in [-0.4, -0.2) is 53.3 Å². The zero-order chi connectivity index (χ0) is 15.7. The molecule has 0 unspecified atom stereocenters. The van der Waals surface area contributed by atoms with Crippen LogP contribution in [0, 0.1) is 0 Å². The topological polar surface area (TPSA) is 46.1 Å². The third-order valence-corrected chi connectivity index (χ3v) is 1.69. The summed E-state index contributed by atoms with van der Waals surface area (Å²) in [5.41, 5.74) is 0. The first kappa shape index (κ1) is 21.7. The predicted octanol–water partition coefficient (Wildman–Crippen LogP) is 2.39. The van der Waals surface area contributed by atoms with Crippen LogP contribution in [0.25, 0.3) is 0 Å². The molecule has 1 rings (SSSR count). The molecule has 0 aliphatic carbocycles. The van der Waals surface area contributed by atoms with Gasteiger partial charge in [0.1, 0.15) is 0 Å². The standard InChI is InChI=1S/C6H5O2P.2C4H12P/c7-9(8)6-4-2-1-3-5-6;2*1-5(2,3)4/h1-5H;2*1-4H3/q-2;2*+1. The van der Waals surface area contributed by atoms with E-state index in [2.05, 4.69) is 53.3 Å². The largest absolute Gasteiger partial charge is 0.838 e. The number of hydrogen-bond donors (Lipinski definition) is 0. The van der Waals surface area contributed by atoms with E-state index >= 15 is 0 Å². The van der Waals surface area contributed by atoms with Gasteiger partial charge in [0.2, 0.25) is 0 Å². The zero-order valence-corrected chi connectivity index (χ0v) is 16.2. The van der Waals surface area contributed by atoms with E-state index in [9.17, 15) is 9.79 Å². The van der Waals surface area contributed by atoms with Crippen molar-refractivity contribution in [2.75, 3.05) is 53.3 Å². The summed E-state index contributed by atoms with van der Waals surface area (Å²) in [6.45, 7) is 18.4. The maximum absolute atomic E-state index is 10.2. The van der Waals surface area contributed by atoms with E-state index in [4.69, 9.17) is 0 Å². The average Bonchev–Trinajstić information content (AvgIpc) is 2.13. The first-order chi connectivity index (χ1) is 8.30. The molecule has 112 valence electrons. The van der Waals surface area contributed by atoms with E-state index in [0.29, 0.717) is 5.30 Å². The highest BCUT2D eigenvalue weighted by atomic mass is 31.2. The summed E-state index contributed by atoms with van der Waals surface area (Å²) < 4.78 is 0. The van der Waals surface area contributed by atoms with Crippen molar-refractivity contribution in [3.63, 3.8) is 0 Å². The van der Waals surface area contributed by atoms with Gasteiger partial charge in [0.05, 0.1) is 0 Å². The van der Waals surface area contributed by atoms with Crippen LogP contribution in [-0.2, 0) is 0 Å². The Hall–Kier alpha value is 0.430. The Morgan fingerprint density at radius 2 is 0.947 bits per heavy atom. The maximum Gasteiger partial charge on any atom is 0.0481 e. The molecular formula is C14H29O2P3. The van der Waals surface area contributed by atoms with Crippen molar-refractivity contribution >= 4 is 28.2 Å². The molecule has 0 spiro atoms. The zero-order valence-electron chi connectivity index (χ0n) is 13.5. The SMILES string of the molecule is C[P+](C)(C)C.C[P+](C)(C)C.[O-]P([O-])c1ccccc1. The molecule has 0 aliphatic heterocycles. The molecule has 1 aromatic carbocycles. The van der Waals surface area contributed by atoms with Crippen molar-refractivity contribution in [3.05, 3.63) is 30.3 Å². The van der Waals surface area contributed by atoms with Gasteiger partial charge in [-0.3, -0.25) is 8.38 Å². The molecule has 0 bridgehead atoms. The van der Waals surface area contributed by atoms with Gasteiger partial charge in [0.15, 0.2) is 0 Å². The van der Waals surface area contributed by atoms with Crippen LogP contribution in [0.5, 0.6) is 0 Å². The van der Waals surface area contributed by atoms with Crippen molar-refractivity contribution in [2.24, 2.45) is 0 Å². The lowest BCUT2D eigenvalue weighted by Gasteiger charge is -2.30. The van der Waals surface area contributed by atoms with Crippen molar-refractivity contribution in [3.8, 4) is 0 Å². The van der Waals surface area contributed by atoms with Crippen LogP contribution in [0.3, 0.4) is 0 Å². The lowest BCUT2D eigenvalue weighted by atomic mass is 10.4. The first-order valence-corrected chi connectivity index (χ1v) is 14.4. The molecule has 0 radical (unpaired) electrons. The quantitative estimate of drug-likeness (QED) is 0.745. The monoisotopic (exact) mass is 322 g/mol. The van der Waals surface area contributed by atoms with Gasteiger partial charge in [0, 0.05) is 67.8 Å². The third-order valence-electron chi connectivity index (χ3n) is 0.967. The molecule has 0 aromatic heterocycles. The average molecular weight is 322 g/mol. The van der Waals surface area contributed by atoms with Crippen LogP contribution in [0.15, 0.2) is 30.3 Å². The fraction of sp³-hybridized carbons (Fsp3) is 0.571. The first-order valence-electron chi connectivity index (χ1n) is 6.08. The molecule has 5 heteroatoms. The van der Waals surface area contributed by atoms with Crippen LogP contribution in [0.2, 0.25) is 0 Å². The van der Waals surface area contributed by atoms with Gasteiger partial charge in [-0.1, -0.05) is 35.6 Å². The predicted molar refractivity (Wildman–Crippen MR) is 94.2 cm³/mol. The van der Waals surface area contributed by atoms with Crippen molar-refractivity contribution in [1.82, 2.24) is 0 Å². The molecule has 0 aliphatic rings. The molecule has 1 aromatic rings. The van der Waals surface area contributed by atoms with E-state index in [1.807, 2.05) is 0 Å². The molecule has 0 saturated heterocycles. The Morgan fingerprint density at radius 1 is 0.684 bits per heavy atom. The molecular weight excluding hydrogens is 293 g/mol. The summed E-state index contributed by atoms with van der Waals surface area (Å²) >= 11 is 0. The summed E-state index contributed by atoms with van der Waals surface area (Å²) in [6.07, 6.45) is 0. The lowest BCUT2D eigenvalue weighted by molar-refractivity contribution is -0.287. The van der Waals surface area contributed by atoms with E-state index in [1.165, 1.54) is 0 Å². The fourth-order valence-corrected chi connectivity index (χ4v) is 0.965. The van der Waals surface area contributed by atoms with Crippen LogP contribution in [0.1, 0.15) is 0 Å². The van der Waals surface area contributed by atoms with E-state index in [0.717, 1.165) is 0 Å². The highest BCUT2D eigenvalue weighted by molar-refractivity contribution is 7.73. The summed E-state index contributed by atoms with van der Waals surface area (Å²) in [4.78, 5) is 20.5. The smallest absolute Gasteiger partial charge is 0.0481 e. The van der Waals surface area contributed by atoms with Crippen molar-refractivity contribution in [2.45, 2.75) is 0 Å². The van der Waals surface area contributed by atoms with E-state index < -0.39 is 8.38 Å². The van der Waals surface area contributed by atoms with Gasteiger partial charge >= 0.3 is 0 Å². The Bertz CT molecular complexity index is 290. The molecule has 0 fully saturated rings. The molecule has 0 N–H and O–H groups in total. The second-order valence-corrected chi connectivity index (χ2v) is 18.7. The second-order valence-electron chi connectivity index (χ2n) is 6.96. The van der Waals surface area contributed by atoms with Gasteiger partial charge in [-0.25, -0.2) is 0 Å². The highest BCUT2D eigenvalue weighted by Crippen LogP contribution is 2.40. The summed E-state index contributed by atoms with van der Waals surface area (Å²) in [7, 11) is -3.17. The second kappa shape index (κ2) is 10.2.